The summed E-state index contributed by atoms with van der Waals surface area (Å²) in [5.41, 5.74) is 4.08. The maximum atomic E-state index is 13.2. The molecule has 0 amide bonds. The smallest absolute Gasteiger partial charge is 0.184 e. The highest BCUT2D eigenvalue weighted by Crippen LogP contribution is 2.29. The first-order valence-corrected chi connectivity index (χ1v) is 11.5. The van der Waals surface area contributed by atoms with Crippen molar-refractivity contribution in [3.63, 3.8) is 0 Å². The van der Waals surface area contributed by atoms with Crippen LogP contribution in [0.15, 0.2) is 88.4 Å². The predicted octanol–water partition coefficient (Wildman–Crippen LogP) is 5.73. The summed E-state index contributed by atoms with van der Waals surface area (Å²) in [6.45, 7) is 2.72. The highest BCUT2D eigenvalue weighted by molar-refractivity contribution is 9.10. The van der Waals surface area contributed by atoms with E-state index in [0.717, 1.165) is 20.9 Å². The maximum Gasteiger partial charge on any atom is 0.184 e. The van der Waals surface area contributed by atoms with E-state index in [1.165, 1.54) is 11.1 Å². The fraction of sp³-hybridized carbons (Fsp3) is 0.130. The number of aryl methyl sites for hydroxylation is 1. The van der Waals surface area contributed by atoms with Crippen molar-refractivity contribution in [1.82, 2.24) is 4.57 Å². The van der Waals surface area contributed by atoms with Gasteiger partial charge in [0.2, 0.25) is 0 Å². The standard InChI is InChI=1S/C23H20BrNO2S/c1-17-6-2-3-7-19(17)14-25-15-23(21-8-4-5-9-22(21)25)28(26,27)16-18-10-12-20(24)13-11-18/h2-13,15H,14,16H2,1H3. The molecule has 0 N–H and O–H groups in total. The van der Waals surface area contributed by atoms with E-state index in [4.69, 9.17) is 0 Å². The number of hydrogen-bond donors (Lipinski definition) is 0. The molecule has 3 aromatic carbocycles. The molecule has 4 rings (SSSR count). The van der Waals surface area contributed by atoms with Crippen LogP contribution in [-0.2, 0) is 22.1 Å². The van der Waals surface area contributed by atoms with Gasteiger partial charge in [0.15, 0.2) is 9.84 Å². The Bertz CT molecular complexity index is 1240. The molecule has 1 heterocycles. The monoisotopic (exact) mass is 453 g/mol. The third-order valence-corrected chi connectivity index (χ3v) is 7.20. The van der Waals surface area contributed by atoms with Crippen LogP contribution >= 0.6 is 15.9 Å². The molecule has 1 aromatic heterocycles. The zero-order valence-corrected chi connectivity index (χ0v) is 17.9. The number of fused-ring (bicyclic) bond motifs is 1. The predicted molar refractivity (Wildman–Crippen MR) is 117 cm³/mol. The van der Waals surface area contributed by atoms with Gasteiger partial charge < -0.3 is 4.57 Å². The molecule has 0 saturated carbocycles. The number of aromatic nitrogens is 1. The highest BCUT2D eigenvalue weighted by Gasteiger charge is 2.22. The molecule has 0 radical (unpaired) electrons. The zero-order valence-electron chi connectivity index (χ0n) is 15.5. The highest BCUT2D eigenvalue weighted by atomic mass is 79.9. The van der Waals surface area contributed by atoms with E-state index in [1.807, 2.05) is 65.2 Å². The third-order valence-electron chi connectivity index (χ3n) is 4.96. The van der Waals surface area contributed by atoms with Crippen molar-refractivity contribution in [3.8, 4) is 0 Å². The Balaban J connectivity index is 1.77. The molecule has 0 bridgehead atoms. The minimum Gasteiger partial charge on any atom is -0.342 e. The van der Waals surface area contributed by atoms with Crippen molar-refractivity contribution in [3.05, 3.63) is 100 Å². The van der Waals surface area contributed by atoms with Gasteiger partial charge in [-0.25, -0.2) is 8.42 Å². The summed E-state index contributed by atoms with van der Waals surface area (Å²) in [5, 5.41) is 0.771. The molecule has 0 spiro atoms. The normalized spacial score (nSPS) is 11.8. The summed E-state index contributed by atoms with van der Waals surface area (Å²) in [6, 6.07) is 23.3. The molecule has 0 fully saturated rings. The molecule has 5 heteroatoms. The quantitative estimate of drug-likeness (QED) is 0.386. The molecule has 0 atom stereocenters. The fourth-order valence-electron chi connectivity index (χ4n) is 3.44. The number of benzene rings is 3. The second kappa shape index (κ2) is 7.57. The number of sulfone groups is 1. The van der Waals surface area contributed by atoms with E-state index < -0.39 is 9.84 Å². The van der Waals surface area contributed by atoms with Crippen LogP contribution in [-0.4, -0.2) is 13.0 Å². The lowest BCUT2D eigenvalue weighted by atomic mass is 10.1. The van der Waals surface area contributed by atoms with Gasteiger partial charge in [-0.1, -0.05) is 70.5 Å². The minimum absolute atomic E-state index is 0.0152. The molecule has 142 valence electrons. The molecular formula is C23H20BrNO2S. The van der Waals surface area contributed by atoms with Gasteiger partial charge in [0.1, 0.15) is 0 Å². The molecule has 0 aliphatic carbocycles. The summed E-state index contributed by atoms with van der Waals surface area (Å²) in [5.74, 6) is -0.0152. The lowest BCUT2D eigenvalue weighted by Crippen LogP contribution is -2.05. The van der Waals surface area contributed by atoms with Crippen molar-refractivity contribution in [2.75, 3.05) is 0 Å². The number of para-hydroxylation sites is 1. The molecule has 3 nitrogen and oxygen atoms in total. The summed E-state index contributed by atoms with van der Waals surface area (Å²) >= 11 is 3.39. The molecule has 4 aromatic rings. The summed E-state index contributed by atoms with van der Waals surface area (Å²) < 4.78 is 29.4. The summed E-state index contributed by atoms with van der Waals surface area (Å²) in [7, 11) is -3.47. The van der Waals surface area contributed by atoms with Crippen LogP contribution in [0.3, 0.4) is 0 Å². The summed E-state index contributed by atoms with van der Waals surface area (Å²) in [6.07, 6.45) is 1.78. The zero-order chi connectivity index (χ0) is 19.7. The van der Waals surface area contributed by atoms with Crippen LogP contribution in [0.1, 0.15) is 16.7 Å². The van der Waals surface area contributed by atoms with E-state index in [2.05, 4.69) is 35.0 Å². The van der Waals surface area contributed by atoms with Gasteiger partial charge in [-0.05, 0) is 41.8 Å². The SMILES string of the molecule is Cc1ccccc1Cn1cc(S(=O)(=O)Cc2ccc(Br)cc2)c2ccccc21. The van der Waals surface area contributed by atoms with E-state index in [1.54, 1.807) is 6.20 Å². The molecule has 0 aliphatic heterocycles. The van der Waals surface area contributed by atoms with Crippen LogP contribution in [0, 0.1) is 6.92 Å². The van der Waals surface area contributed by atoms with E-state index in [9.17, 15) is 8.42 Å². The molecule has 0 aliphatic rings. The van der Waals surface area contributed by atoms with Crippen LogP contribution in [0.2, 0.25) is 0 Å². The van der Waals surface area contributed by atoms with Crippen LogP contribution < -0.4 is 0 Å². The Hall–Kier alpha value is -2.37. The Morgan fingerprint density at radius 2 is 1.57 bits per heavy atom. The minimum atomic E-state index is -3.47. The van der Waals surface area contributed by atoms with Crippen molar-refractivity contribution in [1.29, 1.82) is 0 Å². The second-order valence-corrected chi connectivity index (χ2v) is 9.82. The fourth-order valence-corrected chi connectivity index (χ4v) is 5.29. The van der Waals surface area contributed by atoms with Crippen LogP contribution in [0.5, 0.6) is 0 Å². The second-order valence-electron chi connectivity index (χ2n) is 6.95. The lowest BCUT2D eigenvalue weighted by Gasteiger charge is -2.08. The summed E-state index contributed by atoms with van der Waals surface area (Å²) in [4.78, 5) is 0.389. The topological polar surface area (TPSA) is 39.1 Å². The maximum absolute atomic E-state index is 13.2. The Kier molecular flexibility index (Phi) is 5.13. The van der Waals surface area contributed by atoms with E-state index >= 15 is 0 Å². The largest absolute Gasteiger partial charge is 0.342 e. The average molecular weight is 454 g/mol. The Morgan fingerprint density at radius 3 is 2.32 bits per heavy atom. The third kappa shape index (κ3) is 3.77. The Morgan fingerprint density at radius 1 is 0.893 bits per heavy atom. The number of halogens is 1. The van der Waals surface area contributed by atoms with Crippen molar-refractivity contribution < 1.29 is 8.42 Å². The lowest BCUT2D eigenvalue weighted by molar-refractivity contribution is 0.595. The van der Waals surface area contributed by atoms with Crippen molar-refractivity contribution in [2.45, 2.75) is 24.1 Å². The van der Waals surface area contributed by atoms with Crippen LogP contribution in [0.4, 0.5) is 0 Å². The van der Waals surface area contributed by atoms with Gasteiger partial charge in [-0.15, -0.1) is 0 Å². The van der Waals surface area contributed by atoms with Gasteiger partial charge in [0.25, 0.3) is 0 Å². The molecule has 0 unspecified atom stereocenters. The number of hydrogen-bond acceptors (Lipinski definition) is 2. The first-order valence-electron chi connectivity index (χ1n) is 9.03. The van der Waals surface area contributed by atoms with Gasteiger partial charge in [0, 0.05) is 28.1 Å². The number of rotatable bonds is 5. The van der Waals surface area contributed by atoms with Gasteiger partial charge in [-0.2, -0.15) is 0 Å². The first-order chi connectivity index (χ1) is 13.4. The Labute approximate surface area is 173 Å². The molecule has 28 heavy (non-hydrogen) atoms. The van der Waals surface area contributed by atoms with Crippen LogP contribution in [0.25, 0.3) is 10.9 Å². The average Bonchev–Trinajstić information content (AvgIpc) is 3.05. The molecule has 0 saturated heterocycles. The number of nitrogens with zero attached hydrogens (tertiary/aromatic N) is 1. The van der Waals surface area contributed by atoms with Gasteiger partial charge >= 0.3 is 0 Å². The first kappa shape index (κ1) is 19.0. The van der Waals surface area contributed by atoms with Crippen molar-refractivity contribution >= 4 is 36.7 Å². The van der Waals surface area contributed by atoms with Crippen molar-refractivity contribution in [2.24, 2.45) is 0 Å². The van der Waals surface area contributed by atoms with Gasteiger partial charge in [0.05, 0.1) is 10.6 Å². The molecular weight excluding hydrogens is 434 g/mol. The van der Waals surface area contributed by atoms with Gasteiger partial charge in [-0.3, -0.25) is 0 Å². The van der Waals surface area contributed by atoms with E-state index in [-0.39, 0.29) is 5.75 Å². The van der Waals surface area contributed by atoms with E-state index in [0.29, 0.717) is 11.4 Å².